The maximum atomic E-state index is 12.2. The van der Waals surface area contributed by atoms with Crippen molar-refractivity contribution in [1.82, 2.24) is 14.8 Å². The quantitative estimate of drug-likeness (QED) is 0.558. The summed E-state index contributed by atoms with van der Waals surface area (Å²) in [6.07, 6.45) is 0. The molecule has 1 N–H and O–H groups in total. The van der Waals surface area contributed by atoms with Crippen LogP contribution in [0.1, 0.15) is 5.56 Å². The molecule has 134 valence electrons. The Bertz CT molecular complexity index is 943. The van der Waals surface area contributed by atoms with Crippen LogP contribution in [-0.4, -0.2) is 26.4 Å². The van der Waals surface area contributed by atoms with Gasteiger partial charge in [0.15, 0.2) is 11.0 Å². The molecular weight excluding hydrogens is 436 g/mol. The van der Waals surface area contributed by atoms with Gasteiger partial charge in [0.1, 0.15) is 0 Å². The summed E-state index contributed by atoms with van der Waals surface area (Å²) in [5.41, 5.74) is 2.80. The molecule has 0 aliphatic rings. The number of aromatic nitrogens is 3. The Kier molecular flexibility index (Phi) is 6.01. The van der Waals surface area contributed by atoms with Crippen LogP contribution in [0, 0.1) is 6.92 Å². The van der Waals surface area contributed by atoms with E-state index < -0.39 is 0 Å². The van der Waals surface area contributed by atoms with Gasteiger partial charge in [-0.15, -0.1) is 10.2 Å². The number of nitrogens with one attached hydrogen (secondary N) is 1. The Morgan fingerprint density at radius 2 is 1.96 bits per heavy atom. The molecule has 3 aromatic rings. The van der Waals surface area contributed by atoms with Crippen molar-refractivity contribution in [3.05, 3.63) is 57.5 Å². The third-order valence-electron chi connectivity index (χ3n) is 3.73. The first-order chi connectivity index (χ1) is 12.4. The van der Waals surface area contributed by atoms with E-state index in [0.29, 0.717) is 10.2 Å². The van der Waals surface area contributed by atoms with Gasteiger partial charge in [0.2, 0.25) is 5.91 Å². The van der Waals surface area contributed by atoms with Crippen LogP contribution in [0.25, 0.3) is 11.4 Å². The van der Waals surface area contributed by atoms with Gasteiger partial charge in [0.05, 0.1) is 5.75 Å². The molecule has 0 radical (unpaired) electrons. The van der Waals surface area contributed by atoms with Gasteiger partial charge in [0.25, 0.3) is 0 Å². The number of benzene rings is 2. The summed E-state index contributed by atoms with van der Waals surface area (Å²) >= 11 is 10.7. The number of nitrogens with zero attached hydrogens (tertiary/aromatic N) is 3. The van der Waals surface area contributed by atoms with Gasteiger partial charge in [-0.05, 0) is 48.9 Å². The Morgan fingerprint density at radius 1 is 1.23 bits per heavy atom. The Hall–Kier alpha value is -1.83. The largest absolute Gasteiger partial charge is 0.325 e. The molecule has 26 heavy (non-hydrogen) atoms. The fraction of sp³-hybridized carbons (Fsp3) is 0.167. The van der Waals surface area contributed by atoms with Crippen LogP contribution in [0.2, 0.25) is 5.02 Å². The number of carbonyl (C=O) groups is 1. The number of rotatable bonds is 5. The van der Waals surface area contributed by atoms with Crippen molar-refractivity contribution >= 4 is 50.9 Å². The molecule has 0 spiro atoms. The molecule has 0 bridgehead atoms. The number of thioether (sulfide) groups is 1. The van der Waals surface area contributed by atoms with Crippen LogP contribution in [0.5, 0.6) is 0 Å². The van der Waals surface area contributed by atoms with E-state index in [4.69, 9.17) is 11.6 Å². The van der Waals surface area contributed by atoms with E-state index in [2.05, 4.69) is 31.4 Å². The highest BCUT2D eigenvalue weighted by molar-refractivity contribution is 9.10. The number of hydrogen-bond donors (Lipinski definition) is 1. The first-order valence-corrected chi connectivity index (χ1v) is 9.94. The standard InChI is InChI=1S/C18H16BrClN4OS/c1-11-3-8-14(9-15(11)19)21-16(25)10-26-18-23-22-17(24(18)2)12-4-6-13(20)7-5-12/h3-9H,10H2,1-2H3,(H,21,25). The van der Waals surface area contributed by atoms with Crippen molar-refractivity contribution in [1.29, 1.82) is 0 Å². The number of aryl methyl sites for hydroxylation is 1. The minimum Gasteiger partial charge on any atom is -0.325 e. The average molecular weight is 452 g/mol. The lowest BCUT2D eigenvalue weighted by molar-refractivity contribution is -0.113. The van der Waals surface area contributed by atoms with Crippen LogP contribution in [-0.2, 0) is 11.8 Å². The molecule has 1 aromatic heterocycles. The van der Waals surface area contributed by atoms with Crippen molar-refractivity contribution in [3.8, 4) is 11.4 Å². The number of amides is 1. The van der Waals surface area contributed by atoms with Crippen LogP contribution >= 0.6 is 39.3 Å². The summed E-state index contributed by atoms with van der Waals surface area (Å²) in [5.74, 6) is 0.881. The van der Waals surface area contributed by atoms with Crippen LogP contribution < -0.4 is 5.32 Å². The van der Waals surface area contributed by atoms with Crippen molar-refractivity contribution in [3.63, 3.8) is 0 Å². The second-order valence-corrected chi connectivity index (χ2v) is 7.91. The van der Waals surface area contributed by atoms with Crippen LogP contribution in [0.4, 0.5) is 5.69 Å². The number of anilines is 1. The van der Waals surface area contributed by atoms with Gasteiger partial charge in [-0.2, -0.15) is 0 Å². The Morgan fingerprint density at radius 3 is 2.65 bits per heavy atom. The topological polar surface area (TPSA) is 59.8 Å². The summed E-state index contributed by atoms with van der Waals surface area (Å²) in [7, 11) is 1.88. The molecule has 0 aliphatic carbocycles. The van der Waals surface area contributed by atoms with Gasteiger partial charge in [0, 0.05) is 27.8 Å². The summed E-state index contributed by atoms with van der Waals surface area (Å²) in [6.45, 7) is 2.00. The first-order valence-electron chi connectivity index (χ1n) is 7.78. The summed E-state index contributed by atoms with van der Waals surface area (Å²) in [6, 6.07) is 13.1. The lowest BCUT2D eigenvalue weighted by Gasteiger charge is -2.07. The fourth-order valence-electron chi connectivity index (χ4n) is 2.29. The Labute approximate surface area is 169 Å². The molecule has 0 unspecified atom stereocenters. The molecule has 5 nitrogen and oxygen atoms in total. The zero-order valence-electron chi connectivity index (χ0n) is 14.2. The molecule has 0 aliphatic heterocycles. The molecule has 1 amide bonds. The summed E-state index contributed by atoms with van der Waals surface area (Å²) < 4.78 is 2.83. The third kappa shape index (κ3) is 4.47. The van der Waals surface area contributed by atoms with Crippen molar-refractivity contribution < 1.29 is 4.79 Å². The van der Waals surface area contributed by atoms with Crippen LogP contribution in [0.3, 0.4) is 0 Å². The highest BCUT2D eigenvalue weighted by Gasteiger charge is 2.13. The molecule has 0 fully saturated rings. The third-order valence-corrected chi connectivity index (χ3v) is 5.85. The highest BCUT2D eigenvalue weighted by Crippen LogP contribution is 2.24. The fourth-order valence-corrected chi connectivity index (χ4v) is 3.50. The van der Waals surface area contributed by atoms with Gasteiger partial charge in [-0.1, -0.05) is 45.4 Å². The normalized spacial score (nSPS) is 10.8. The molecule has 1 heterocycles. The lowest BCUT2D eigenvalue weighted by atomic mass is 10.2. The minimum atomic E-state index is -0.0956. The second-order valence-electron chi connectivity index (χ2n) is 5.67. The highest BCUT2D eigenvalue weighted by atomic mass is 79.9. The number of hydrogen-bond acceptors (Lipinski definition) is 4. The average Bonchev–Trinajstić information content (AvgIpc) is 2.98. The van der Waals surface area contributed by atoms with Gasteiger partial charge < -0.3 is 9.88 Å². The van der Waals surface area contributed by atoms with E-state index in [1.54, 1.807) is 0 Å². The molecule has 8 heteroatoms. The minimum absolute atomic E-state index is 0.0956. The summed E-state index contributed by atoms with van der Waals surface area (Å²) in [4.78, 5) is 12.2. The molecular formula is C18H16BrClN4OS. The van der Waals surface area contributed by atoms with E-state index in [-0.39, 0.29) is 11.7 Å². The van der Waals surface area contributed by atoms with E-state index in [1.807, 2.05) is 61.0 Å². The van der Waals surface area contributed by atoms with E-state index in [9.17, 15) is 4.79 Å². The van der Waals surface area contributed by atoms with E-state index >= 15 is 0 Å². The zero-order chi connectivity index (χ0) is 18.7. The first kappa shape index (κ1) is 18.9. The smallest absolute Gasteiger partial charge is 0.234 e. The SMILES string of the molecule is Cc1ccc(NC(=O)CSc2nnc(-c3ccc(Cl)cc3)n2C)cc1Br. The molecule has 0 saturated heterocycles. The van der Waals surface area contributed by atoms with Gasteiger partial charge >= 0.3 is 0 Å². The van der Waals surface area contributed by atoms with Crippen molar-refractivity contribution in [2.24, 2.45) is 7.05 Å². The summed E-state index contributed by atoms with van der Waals surface area (Å²) in [5, 5.41) is 12.6. The molecule has 3 rings (SSSR count). The van der Waals surface area contributed by atoms with E-state index in [0.717, 1.165) is 27.1 Å². The molecule has 2 aromatic carbocycles. The predicted octanol–water partition coefficient (Wildman–Crippen LogP) is 4.94. The molecule has 0 saturated carbocycles. The zero-order valence-corrected chi connectivity index (χ0v) is 17.3. The lowest BCUT2D eigenvalue weighted by Crippen LogP contribution is -2.14. The number of halogens is 2. The van der Waals surface area contributed by atoms with Crippen molar-refractivity contribution in [2.75, 3.05) is 11.1 Å². The Balaban J connectivity index is 1.63. The maximum absolute atomic E-state index is 12.2. The molecule has 0 atom stereocenters. The van der Waals surface area contributed by atoms with Crippen LogP contribution in [0.15, 0.2) is 52.1 Å². The predicted molar refractivity (Wildman–Crippen MR) is 110 cm³/mol. The van der Waals surface area contributed by atoms with E-state index in [1.165, 1.54) is 11.8 Å². The van der Waals surface area contributed by atoms with Crippen molar-refractivity contribution in [2.45, 2.75) is 12.1 Å². The maximum Gasteiger partial charge on any atom is 0.234 e. The second kappa shape index (κ2) is 8.24. The number of carbonyl (C=O) groups excluding carboxylic acids is 1. The van der Waals surface area contributed by atoms with Gasteiger partial charge in [-0.25, -0.2) is 0 Å². The monoisotopic (exact) mass is 450 g/mol. The van der Waals surface area contributed by atoms with Gasteiger partial charge in [-0.3, -0.25) is 4.79 Å².